The van der Waals surface area contributed by atoms with Crippen LogP contribution in [0.2, 0.25) is 0 Å². The monoisotopic (exact) mass is 304 g/mol. The van der Waals surface area contributed by atoms with Gasteiger partial charge >= 0.3 is 0 Å². The Morgan fingerprint density at radius 3 is 2.16 bits per heavy atom. The van der Waals surface area contributed by atoms with Crippen molar-refractivity contribution < 1.29 is 5.11 Å². The number of hydrogen-bond donors (Lipinski definition) is 1. The summed E-state index contributed by atoms with van der Waals surface area (Å²) in [4.78, 5) is 0. The van der Waals surface area contributed by atoms with E-state index in [1.54, 1.807) is 0 Å². The largest absolute Gasteiger partial charge is 0.512 e. The standard InChI is InChI=1S/C16H24O.2ClH/c1-2-3-4-5-6-10-13-16(17)14-15-11-8-7-9-12-15;;/h7-9,11-12,14,17H,2-6,10,13H2,1H3;2*1H. The first-order valence-corrected chi connectivity index (χ1v) is 6.77. The van der Waals surface area contributed by atoms with E-state index in [-0.39, 0.29) is 24.8 Å². The molecule has 110 valence electrons. The Morgan fingerprint density at radius 1 is 0.947 bits per heavy atom. The zero-order valence-corrected chi connectivity index (χ0v) is 13.3. The van der Waals surface area contributed by atoms with Gasteiger partial charge in [-0.25, -0.2) is 0 Å². The van der Waals surface area contributed by atoms with Gasteiger partial charge in [0.05, 0.1) is 5.76 Å². The lowest BCUT2D eigenvalue weighted by molar-refractivity contribution is 0.385. The molecule has 19 heavy (non-hydrogen) atoms. The molecule has 3 heteroatoms. The van der Waals surface area contributed by atoms with Gasteiger partial charge in [0.15, 0.2) is 0 Å². The number of halogens is 2. The predicted molar refractivity (Wildman–Crippen MR) is 89.5 cm³/mol. The van der Waals surface area contributed by atoms with E-state index in [1.807, 2.05) is 36.4 Å². The van der Waals surface area contributed by atoms with E-state index in [9.17, 15) is 5.11 Å². The third kappa shape index (κ3) is 10.9. The van der Waals surface area contributed by atoms with Crippen molar-refractivity contribution in [2.24, 2.45) is 0 Å². The minimum atomic E-state index is 0. The molecule has 1 N–H and O–H groups in total. The minimum Gasteiger partial charge on any atom is -0.512 e. The Bertz CT molecular complexity index is 323. The number of rotatable bonds is 8. The molecule has 0 aliphatic heterocycles. The van der Waals surface area contributed by atoms with Gasteiger partial charge in [-0.1, -0.05) is 69.4 Å². The molecule has 1 rings (SSSR count). The van der Waals surface area contributed by atoms with E-state index in [0.717, 1.165) is 18.4 Å². The molecule has 0 saturated heterocycles. The van der Waals surface area contributed by atoms with Gasteiger partial charge in [0.25, 0.3) is 0 Å². The maximum atomic E-state index is 9.77. The fourth-order valence-electron chi connectivity index (χ4n) is 1.90. The molecule has 0 aliphatic carbocycles. The molecule has 0 radical (unpaired) electrons. The second kappa shape index (κ2) is 13.8. The molecule has 0 heterocycles. The molecule has 0 bridgehead atoms. The summed E-state index contributed by atoms with van der Waals surface area (Å²) >= 11 is 0. The number of unbranched alkanes of at least 4 members (excludes halogenated alkanes) is 5. The van der Waals surface area contributed by atoms with Crippen LogP contribution in [0, 0.1) is 0 Å². The molecular weight excluding hydrogens is 279 g/mol. The molecular formula is C16H26Cl2O. The van der Waals surface area contributed by atoms with Crippen LogP contribution in [0.1, 0.15) is 57.4 Å². The zero-order chi connectivity index (χ0) is 12.3. The quantitative estimate of drug-likeness (QED) is 0.449. The number of aliphatic hydroxyl groups excluding tert-OH is 1. The first-order chi connectivity index (χ1) is 8.33. The minimum absolute atomic E-state index is 0. The number of aliphatic hydroxyl groups is 1. The van der Waals surface area contributed by atoms with Crippen LogP contribution in [0.25, 0.3) is 6.08 Å². The molecule has 0 unspecified atom stereocenters. The topological polar surface area (TPSA) is 20.2 Å². The van der Waals surface area contributed by atoms with Crippen molar-refractivity contribution in [1.82, 2.24) is 0 Å². The molecule has 0 amide bonds. The first kappa shape index (κ1) is 20.7. The second-order valence-electron chi connectivity index (χ2n) is 4.56. The normalized spacial score (nSPS) is 10.5. The lowest BCUT2D eigenvalue weighted by Crippen LogP contribution is -1.84. The number of allylic oxidation sites excluding steroid dienone is 1. The van der Waals surface area contributed by atoms with Gasteiger partial charge in [0, 0.05) is 6.42 Å². The molecule has 0 spiro atoms. The van der Waals surface area contributed by atoms with Gasteiger partial charge in [-0.05, 0) is 18.1 Å². The van der Waals surface area contributed by atoms with E-state index >= 15 is 0 Å². The molecule has 0 fully saturated rings. The Morgan fingerprint density at radius 2 is 1.53 bits per heavy atom. The van der Waals surface area contributed by atoms with Gasteiger partial charge in [-0.2, -0.15) is 0 Å². The van der Waals surface area contributed by atoms with Gasteiger partial charge in [-0.15, -0.1) is 24.8 Å². The Kier molecular flexibility index (Phi) is 15.0. The zero-order valence-electron chi connectivity index (χ0n) is 11.7. The van der Waals surface area contributed by atoms with Crippen molar-refractivity contribution in [2.45, 2.75) is 51.9 Å². The summed E-state index contributed by atoms with van der Waals surface area (Å²) in [7, 11) is 0. The van der Waals surface area contributed by atoms with Crippen LogP contribution in [-0.2, 0) is 0 Å². The highest BCUT2D eigenvalue weighted by atomic mass is 35.5. The average molecular weight is 305 g/mol. The van der Waals surface area contributed by atoms with Gasteiger partial charge < -0.3 is 5.11 Å². The van der Waals surface area contributed by atoms with Crippen molar-refractivity contribution in [3.8, 4) is 0 Å². The average Bonchev–Trinajstić information content (AvgIpc) is 2.35. The maximum Gasteiger partial charge on any atom is 0.0928 e. The summed E-state index contributed by atoms with van der Waals surface area (Å²) in [5, 5.41) is 9.77. The first-order valence-electron chi connectivity index (χ1n) is 6.77. The number of benzene rings is 1. The van der Waals surface area contributed by atoms with Crippen LogP contribution < -0.4 is 0 Å². The summed E-state index contributed by atoms with van der Waals surface area (Å²) in [6, 6.07) is 9.99. The van der Waals surface area contributed by atoms with Crippen LogP contribution >= 0.6 is 24.8 Å². The predicted octanol–water partition coefficient (Wildman–Crippen LogP) is 6.18. The van der Waals surface area contributed by atoms with E-state index in [4.69, 9.17) is 0 Å². The molecule has 0 aromatic heterocycles. The Labute approximate surface area is 129 Å². The van der Waals surface area contributed by atoms with E-state index < -0.39 is 0 Å². The van der Waals surface area contributed by atoms with Crippen LogP contribution in [0.5, 0.6) is 0 Å². The fraction of sp³-hybridized carbons (Fsp3) is 0.500. The molecule has 0 aliphatic rings. The molecule has 0 atom stereocenters. The lowest BCUT2D eigenvalue weighted by atomic mass is 10.1. The smallest absolute Gasteiger partial charge is 0.0928 e. The second-order valence-corrected chi connectivity index (χ2v) is 4.56. The van der Waals surface area contributed by atoms with Gasteiger partial charge in [0.2, 0.25) is 0 Å². The summed E-state index contributed by atoms with van der Waals surface area (Å²) in [6.07, 6.45) is 10.3. The maximum absolute atomic E-state index is 9.77. The Hall–Kier alpha value is -0.660. The van der Waals surface area contributed by atoms with Crippen LogP contribution in [0.15, 0.2) is 36.1 Å². The molecule has 0 saturated carbocycles. The highest BCUT2D eigenvalue weighted by Crippen LogP contribution is 2.12. The van der Waals surface area contributed by atoms with Crippen molar-refractivity contribution in [2.75, 3.05) is 0 Å². The van der Waals surface area contributed by atoms with E-state index in [0.29, 0.717) is 5.76 Å². The van der Waals surface area contributed by atoms with Crippen molar-refractivity contribution in [3.05, 3.63) is 41.7 Å². The fourth-order valence-corrected chi connectivity index (χ4v) is 1.90. The summed E-state index contributed by atoms with van der Waals surface area (Å²) < 4.78 is 0. The highest BCUT2D eigenvalue weighted by Gasteiger charge is 1.95. The summed E-state index contributed by atoms with van der Waals surface area (Å²) in [5.41, 5.74) is 1.08. The number of hydrogen-bond acceptors (Lipinski definition) is 1. The molecule has 1 nitrogen and oxygen atoms in total. The van der Waals surface area contributed by atoms with Gasteiger partial charge in [0.1, 0.15) is 0 Å². The van der Waals surface area contributed by atoms with E-state index in [1.165, 1.54) is 32.1 Å². The third-order valence-corrected chi connectivity index (χ3v) is 2.92. The third-order valence-electron chi connectivity index (χ3n) is 2.92. The van der Waals surface area contributed by atoms with Crippen molar-refractivity contribution in [3.63, 3.8) is 0 Å². The van der Waals surface area contributed by atoms with Crippen LogP contribution in [0.3, 0.4) is 0 Å². The van der Waals surface area contributed by atoms with Gasteiger partial charge in [-0.3, -0.25) is 0 Å². The summed E-state index contributed by atoms with van der Waals surface area (Å²) in [5.74, 6) is 0.506. The molecule has 1 aromatic rings. The van der Waals surface area contributed by atoms with Crippen LogP contribution in [0.4, 0.5) is 0 Å². The Balaban J connectivity index is 0. The SMILES string of the molecule is CCCCCCCCC(O)=Cc1ccccc1.Cl.Cl. The van der Waals surface area contributed by atoms with Crippen LogP contribution in [-0.4, -0.2) is 5.11 Å². The van der Waals surface area contributed by atoms with E-state index in [2.05, 4.69) is 6.92 Å². The highest BCUT2D eigenvalue weighted by molar-refractivity contribution is 5.85. The summed E-state index contributed by atoms with van der Waals surface area (Å²) in [6.45, 7) is 2.23. The molecule has 1 aromatic carbocycles. The lowest BCUT2D eigenvalue weighted by Gasteiger charge is -2.01. The van der Waals surface area contributed by atoms with Crippen molar-refractivity contribution >= 4 is 30.9 Å². The van der Waals surface area contributed by atoms with Crippen molar-refractivity contribution in [1.29, 1.82) is 0 Å².